The number of nitrogens with one attached hydrogen (secondary N) is 1. The molecule has 0 aliphatic carbocycles. The third-order valence-electron chi connectivity index (χ3n) is 5.81. The zero-order chi connectivity index (χ0) is 23.3. The Bertz CT molecular complexity index is 753. The number of aliphatic hydroxyl groups is 1. The van der Waals surface area contributed by atoms with Crippen molar-refractivity contribution >= 4 is 5.91 Å². The highest BCUT2D eigenvalue weighted by atomic mass is 16.5. The average molecular weight is 446 g/mol. The summed E-state index contributed by atoms with van der Waals surface area (Å²) in [5.41, 5.74) is 1.44. The van der Waals surface area contributed by atoms with E-state index in [2.05, 4.69) is 28.3 Å². The van der Waals surface area contributed by atoms with Gasteiger partial charge in [0.1, 0.15) is 0 Å². The number of hydrogen-bond acceptors (Lipinski definition) is 6. The average Bonchev–Trinajstić information content (AvgIpc) is 3.04. The van der Waals surface area contributed by atoms with E-state index >= 15 is 0 Å². The SMILES string of the molecule is C=CCc1cc(C(=O)NCCCN2CCCN(CC[C@H](O)C=C)CC2)cc(OC)c1OC. The molecular weight excluding hydrogens is 406 g/mol. The van der Waals surface area contributed by atoms with Gasteiger partial charge in [-0.1, -0.05) is 12.2 Å². The van der Waals surface area contributed by atoms with Gasteiger partial charge in [-0.2, -0.15) is 0 Å². The standard InChI is InChI=1S/C25H39N3O4/c1-5-9-20-18-21(19-23(31-3)24(20)32-4)25(30)26-11-7-12-27-13-8-14-28(17-16-27)15-10-22(29)6-2/h5-6,18-19,22,29H,1-2,7-17H2,3-4H3,(H,26,30)/t22-/m1/s1. The van der Waals surface area contributed by atoms with E-state index in [0.717, 1.165) is 64.1 Å². The number of methoxy groups -OCH3 is 2. The Morgan fingerprint density at radius 2 is 1.88 bits per heavy atom. The Labute approximate surface area is 192 Å². The summed E-state index contributed by atoms with van der Waals surface area (Å²) in [6.45, 7) is 14.0. The molecule has 7 nitrogen and oxygen atoms in total. The fourth-order valence-electron chi connectivity index (χ4n) is 3.99. The molecule has 1 atom stereocenters. The van der Waals surface area contributed by atoms with Crippen LogP contribution in [-0.4, -0.2) is 87.0 Å². The summed E-state index contributed by atoms with van der Waals surface area (Å²) in [4.78, 5) is 17.6. The van der Waals surface area contributed by atoms with Crippen molar-refractivity contribution in [2.45, 2.75) is 31.8 Å². The second kappa shape index (κ2) is 13.9. The number of carbonyl (C=O) groups excluding carboxylic acids is 1. The van der Waals surface area contributed by atoms with Gasteiger partial charge in [-0.05, 0) is 57.5 Å². The van der Waals surface area contributed by atoms with Crippen molar-refractivity contribution in [3.05, 3.63) is 48.6 Å². The first-order valence-electron chi connectivity index (χ1n) is 11.4. The van der Waals surface area contributed by atoms with Crippen LogP contribution in [0.25, 0.3) is 0 Å². The Morgan fingerprint density at radius 1 is 1.16 bits per heavy atom. The maximum absolute atomic E-state index is 12.7. The normalized spacial score (nSPS) is 16.1. The highest BCUT2D eigenvalue weighted by molar-refractivity contribution is 5.95. The Balaban J connectivity index is 1.79. The van der Waals surface area contributed by atoms with Crippen molar-refractivity contribution in [3.8, 4) is 11.5 Å². The van der Waals surface area contributed by atoms with Crippen molar-refractivity contribution in [3.63, 3.8) is 0 Å². The summed E-state index contributed by atoms with van der Waals surface area (Å²) < 4.78 is 10.8. The number of rotatable bonds is 13. The van der Waals surface area contributed by atoms with Crippen LogP contribution in [0.1, 0.15) is 35.2 Å². The largest absolute Gasteiger partial charge is 0.493 e. The molecule has 2 N–H and O–H groups in total. The van der Waals surface area contributed by atoms with Crippen LogP contribution in [0.4, 0.5) is 0 Å². The number of nitrogens with zero attached hydrogens (tertiary/aromatic N) is 2. The second-order valence-electron chi connectivity index (χ2n) is 8.10. The molecular formula is C25H39N3O4. The molecule has 0 aromatic heterocycles. The van der Waals surface area contributed by atoms with Crippen LogP contribution in [0.15, 0.2) is 37.4 Å². The van der Waals surface area contributed by atoms with E-state index in [4.69, 9.17) is 9.47 Å². The molecule has 0 saturated carbocycles. The molecule has 1 amide bonds. The lowest BCUT2D eigenvalue weighted by atomic mass is 10.0. The fraction of sp³-hybridized carbons (Fsp3) is 0.560. The van der Waals surface area contributed by atoms with Crippen LogP contribution in [0.3, 0.4) is 0 Å². The summed E-state index contributed by atoms with van der Waals surface area (Å²) in [5, 5.41) is 12.7. The molecule has 178 valence electrons. The summed E-state index contributed by atoms with van der Waals surface area (Å²) in [6.07, 6.45) is 6.31. The van der Waals surface area contributed by atoms with Gasteiger partial charge in [0.25, 0.3) is 5.91 Å². The molecule has 0 spiro atoms. The molecule has 0 radical (unpaired) electrons. The molecule has 0 bridgehead atoms. The van der Waals surface area contributed by atoms with Crippen molar-refractivity contribution in [1.82, 2.24) is 15.1 Å². The molecule has 1 saturated heterocycles. The molecule has 2 rings (SSSR count). The fourth-order valence-corrected chi connectivity index (χ4v) is 3.99. The Hall–Kier alpha value is -2.35. The summed E-state index contributed by atoms with van der Waals surface area (Å²) in [5.74, 6) is 1.07. The molecule has 1 aliphatic heterocycles. The minimum Gasteiger partial charge on any atom is -0.493 e. The molecule has 1 aromatic carbocycles. The Morgan fingerprint density at radius 3 is 2.50 bits per heavy atom. The van der Waals surface area contributed by atoms with E-state index in [1.807, 2.05) is 6.07 Å². The second-order valence-corrected chi connectivity index (χ2v) is 8.10. The summed E-state index contributed by atoms with van der Waals surface area (Å²) in [7, 11) is 3.16. The first-order chi connectivity index (χ1) is 15.5. The lowest BCUT2D eigenvalue weighted by Gasteiger charge is -2.22. The van der Waals surface area contributed by atoms with Gasteiger partial charge in [-0.3, -0.25) is 4.79 Å². The predicted molar refractivity (Wildman–Crippen MR) is 129 cm³/mol. The highest BCUT2D eigenvalue weighted by Crippen LogP contribution is 2.33. The molecule has 1 fully saturated rings. The number of carbonyl (C=O) groups is 1. The lowest BCUT2D eigenvalue weighted by molar-refractivity contribution is 0.0951. The smallest absolute Gasteiger partial charge is 0.251 e. The quantitative estimate of drug-likeness (QED) is 0.359. The van der Waals surface area contributed by atoms with Gasteiger partial charge >= 0.3 is 0 Å². The van der Waals surface area contributed by atoms with Crippen LogP contribution < -0.4 is 14.8 Å². The van der Waals surface area contributed by atoms with Gasteiger partial charge in [0.15, 0.2) is 11.5 Å². The topological polar surface area (TPSA) is 74.3 Å². The van der Waals surface area contributed by atoms with Crippen molar-refractivity contribution in [2.24, 2.45) is 0 Å². The van der Waals surface area contributed by atoms with Crippen molar-refractivity contribution in [1.29, 1.82) is 0 Å². The lowest BCUT2D eigenvalue weighted by Crippen LogP contribution is -2.34. The first kappa shape index (κ1) is 25.9. The van der Waals surface area contributed by atoms with E-state index in [-0.39, 0.29) is 5.91 Å². The summed E-state index contributed by atoms with van der Waals surface area (Å²) >= 11 is 0. The molecule has 1 heterocycles. The van der Waals surface area contributed by atoms with Crippen LogP contribution in [-0.2, 0) is 6.42 Å². The van der Waals surface area contributed by atoms with Gasteiger partial charge in [0, 0.05) is 37.3 Å². The van der Waals surface area contributed by atoms with E-state index < -0.39 is 6.10 Å². The highest BCUT2D eigenvalue weighted by Gasteiger charge is 2.17. The van der Waals surface area contributed by atoms with Crippen molar-refractivity contribution < 1.29 is 19.4 Å². The maximum atomic E-state index is 12.7. The zero-order valence-electron chi connectivity index (χ0n) is 19.6. The molecule has 0 unspecified atom stereocenters. The van der Waals surface area contributed by atoms with E-state index in [9.17, 15) is 9.90 Å². The number of ether oxygens (including phenoxy) is 2. The van der Waals surface area contributed by atoms with Crippen LogP contribution in [0.5, 0.6) is 11.5 Å². The molecule has 1 aliphatic rings. The van der Waals surface area contributed by atoms with Gasteiger partial charge < -0.3 is 29.7 Å². The molecule has 1 aromatic rings. The number of amides is 1. The van der Waals surface area contributed by atoms with Gasteiger partial charge in [0.2, 0.25) is 0 Å². The monoisotopic (exact) mass is 445 g/mol. The minimum atomic E-state index is -0.420. The van der Waals surface area contributed by atoms with Crippen LogP contribution in [0.2, 0.25) is 0 Å². The molecule has 7 heteroatoms. The number of allylic oxidation sites excluding steroid dienone is 1. The van der Waals surface area contributed by atoms with E-state index in [1.165, 1.54) is 0 Å². The summed E-state index contributed by atoms with van der Waals surface area (Å²) in [6, 6.07) is 3.55. The third kappa shape index (κ3) is 7.97. The molecule has 32 heavy (non-hydrogen) atoms. The van der Waals surface area contributed by atoms with Crippen LogP contribution in [0, 0.1) is 0 Å². The Kier molecular flexibility index (Phi) is 11.3. The third-order valence-corrected chi connectivity index (χ3v) is 5.81. The first-order valence-corrected chi connectivity index (χ1v) is 11.4. The number of hydrogen-bond donors (Lipinski definition) is 2. The van der Waals surface area contributed by atoms with Gasteiger partial charge in [-0.25, -0.2) is 0 Å². The zero-order valence-corrected chi connectivity index (χ0v) is 19.6. The van der Waals surface area contributed by atoms with Crippen molar-refractivity contribution in [2.75, 3.05) is 60.0 Å². The van der Waals surface area contributed by atoms with Gasteiger partial charge in [0.05, 0.1) is 20.3 Å². The number of aliphatic hydroxyl groups excluding tert-OH is 1. The van der Waals surface area contributed by atoms with Gasteiger partial charge in [-0.15, -0.1) is 13.2 Å². The number of benzene rings is 1. The maximum Gasteiger partial charge on any atom is 0.251 e. The van der Waals surface area contributed by atoms with E-state index in [0.29, 0.717) is 30.0 Å². The predicted octanol–water partition coefficient (Wildman–Crippen LogP) is 2.50. The minimum absolute atomic E-state index is 0.112. The van der Waals surface area contributed by atoms with Crippen LogP contribution >= 0.6 is 0 Å². The van der Waals surface area contributed by atoms with E-state index in [1.54, 1.807) is 32.4 Å².